The fourth-order valence-electron chi connectivity index (χ4n) is 3.82. The first-order chi connectivity index (χ1) is 14.3. The van der Waals surface area contributed by atoms with Crippen LogP contribution >= 0.6 is 0 Å². The number of ketones is 1. The van der Waals surface area contributed by atoms with Crippen LogP contribution in [0.25, 0.3) is 0 Å². The Labute approximate surface area is 176 Å². The molecule has 160 valence electrons. The van der Waals surface area contributed by atoms with Gasteiger partial charge in [0.2, 0.25) is 5.91 Å². The van der Waals surface area contributed by atoms with Crippen molar-refractivity contribution in [3.05, 3.63) is 53.3 Å². The molecule has 0 fully saturated rings. The lowest BCUT2D eigenvalue weighted by molar-refractivity contribution is -0.119. The van der Waals surface area contributed by atoms with Crippen molar-refractivity contribution in [2.45, 2.75) is 32.4 Å². The van der Waals surface area contributed by atoms with Gasteiger partial charge in [0.15, 0.2) is 11.7 Å². The van der Waals surface area contributed by atoms with Gasteiger partial charge in [0.25, 0.3) is 0 Å². The number of nitrogens with two attached hydrogens (primary N) is 1. The third kappa shape index (κ3) is 3.95. The Morgan fingerprint density at radius 2 is 2.03 bits per heavy atom. The number of nitrogens with one attached hydrogen (secondary N) is 1. The molecule has 8 heteroatoms. The monoisotopic (exact) mass is 411 g/mol. The maximum absolute atomic E-state index is 12.5. The number of aryl methyl sites for hydroxylation is 1. The molecule has 2 aromatic rings. The SMILES string of the molecule is CCC(=O)c1cc(C2(c3cccc(NC(=O)COC)c3)CN(C)C(N)=N2)cn1CC. The van der Waals surface area contributed by atoms with E-state index in [0.717, 1.165) is 11.1 Å². The van der Waals surface area contributed by atoms with Crippen molar-refractivity contribution in [1.29, 1.82) is 0 Å². The lowest BCUT2D eigenvalue weighted by Gasteiger charge is -2.27. The summed E-state index contributed by atoms with van der Waals surface area (Å²) in [7, 11) is 3.37. The highest BCUT2D eigenvalue weighted by molar-refractivity contribution is 5.95. The molecular formula is C22H29N5O3. The molecule has 1 aliphatic rings. The van der Waals surface area contributed by atoms with Gasteiger partial charge in [-0.1, -0.05) is 19.1 Å². The van der Waals surface area contributed by atoms with Crippen molar-refractivity contribution >= 4 is 23.3 Å². The second-order valence-electron chi connectivity index (χ2n) is 7.43. The maximum atomic E-state index is 12.5. The molecule has 1 aromatic heterocycles. The van der Waals surface area contributed by atoms with E-state index in [4.69, 9.17) is 15.5 Å². The molecule has 0 aliphatic carbocycles. The van der Waals surface area contributed by atoms with Crippen LogP contribution in [0.1, 0.15) is 41.9 Å². The van der Waals surface area contributed by atoms with Crippen LogP contribution in [0.5, 0.6) is 0 Å². The summed E-state index contributed by atoms with van der Waals surface area (Å²) >= 11 is 0. The van der Waals surface area contributed by atoms with Crippen LogP contribution in [0.2, 0.25) is 0 Å². The average molecular weight is 412 g/mol. The Morgan fingerprint density at radius 3 is 2.63 bits per heavy atom. The van der Waals surface area contributed by atoms with E-state index in [1.165, 1.54) is 7.11 Å². The molecule has 3 rings (SSSR count). The number of anilines is 1. The summed E-state index contributed by atoms with van der Waals surface area (Å²) in [6.07, 6.45) is 2.41. The number of ether oxygens (including phenoxy) is 1. The average Bonchev–Trinajstić information content (AvgIpc) is 3.30. The number of methoxy groups -OCH3 is 1. The van der Waals surface area contributed by atoms with Crippen LogP contribution in [0.15, 0.2) is 41.5 Å². The molecule has 0 spiro atoms. The Morgan fingerprint density at radius 1 is 1.27 bits per heavy atom. The third-order valence-corrected chi connectivity index (χ3v) is 5.38. The predicted octanol–water partition coefficient (Wildman–Crippen LogP) is 2.19. The van der Waals surface area contributed by atoms with E-state index >= 15 is 0 Å². The molecule has 1 amide bonds. The highest BCUT2D eigenvalue weighted by Crippen LogP contribution is 2.40. The van der Waals surface area contributed by atoms with Crippen LogP contribution in [-0.4, -0.2) is 54.4 Å². The van der Waals surface area contributed by atoms with Crippen LogP contribution in [0.4, 0.5) is 5.69 Å². The first kappa shape index (κ1) is 21.6. The number of carbonyl (C=O) groups is 2. The second-order valence-corrected chi connectivity index (χ2v) is 7.43. The summed E-state index contributed by atoms with van der Waals surface area (Å²) in [4.78, 5) is 31.2. The normalized spacial score (nSPS) is 18.4. The highest BCUT2D eigenvalue weighted by Gasteiger charge is 2.42. The van der Waals surface area contributed by atoms with Gasteiger partial charge in [-0.15, -0.1) is 0 Å². The number of aromatic nitrogens is 1. The molecule has 1 aliphatic heterocycles. The maximum Gasteiger partial charge on any atom is 0.250 e. The third-order valence-electron chi connectivity index (χ3n) is 5.38. The lowest BCUT2D eigenvalue weighted by atomic mass is 9.84. The van der Waals surface area contributed by atoms with Gasteiger partial charge >= 0.3 is 0 Å². The molecule has 1 aromatic carbocycles. The van der Waals surface area contributed by atoms with Gasteiger partial charge in [-0.2, -0.15) is 0 Å². The van der Waals surface area contributed by atoms with E-state index in [1.807, 2.05) is 66.9 Å². The van der Waals surface area contributed by atoms with Gasteiger partial charge in [-0.25, -0.2) is 4.99 Å². The summed E-state index contributed by atoms with van der Waals surface area (Å²) in [5, 5.41) is 2.84. The zero-order valence-corrected chi connectivity index (χ0v) is 17.9. The zero-order valence-electron chi connectivity index (χ0n) is 17.9. The van der Waals surface area contributed by atoms with Crippen molar-refractivity contribution in [2.75, 3.05) is 32.6 Å². The molecule has 3 N–H and O–H groups in total. The van der Waals surface area contributed by atoms with E-state index in [0.29, 0.717) is 36.9 Å². The Kier molecular flexibility index (Phi) is 6.26. The Balaban J connectivity index is 2.11. The standard InChI is InChI=1S/C22H29N5O3/c1-5-19(28)18-11-16(12-27(18)6-2)22(14-26(3)21(23)25-22)15-8-7-9-17(10-15)24-20(29)13-30-4/h7-12H,5-6,13-14H2,1-4H3,(H2,23,25)(H,24,29). The van der Waals surface area contributed by atoms with Crippen LogP contribution < -0.4 is 11.1 Å². The quantitative estimate of drug-likeness (QED) is 0.649. The second kappa shape index (κ2) is 8.71. The van der Waals surface area contributed by atoms with E-state index in [1.54, 1.807) is 0 Å². The number of nitrogens with zero attached hydrogens (tertiary/aromatic N) is 3. The summed E-state index contributed by atoms with van der Waals surface area (Å²) in [6.45, 7) is 5.05. The summed E-state index contributed by atoms with van der Waals surface area (Å²) in [5.74, 6) is 0.279. The minimum Gasteiger partial charge on any atom is -0.375 e. The number of aliphatic imine (C=N–C) groups is 1. The van der Waals surface area contributed by atoms with Gasteiger partial charge in [-0.05, 0) is 30.7 Å². The fourth-order valence-corrected chi connectivity index (χ4v) is 3.82. The van der Waals surface area contributed by atoms with E-state index < -0.39 is 5.54 Å². The zero-order chi connectivity index (χ0) is 21.9. The van der Waals surface area contributed by atoms with Crippen molar-refractivity contribution in [3.8, 4) is 0 Å². The number of rotatable bonds is 8. The van der Waals surface area contributed by atoms with Gasteiger partial charge in [0, 0.05) is 44.6 Å². The molecule has 0 bridgehead atoms. The van der Waals surface area contributed by atoms with Crippen LogP contribution in [0.3, 0.4) is 0 Å². The molecule has 1 unspecified atom stereocenters. The van der Waals surface area contributed by atoms with E-state index in [2.05, 4.69) is 5.32 Å². The summed E-state index contributed by atoms with van der Waals surface area (Å²) < 4.78 is 6.85. The Bertz CT molecular complexity index is 981. The van der Waals surface area contributed by atoms with Gasteiger partial charge in [0.05, 0.1) is 12.2 Å². The number of carbonyl (C=O) groups excluding carboxylic acids is 2. The van der Waals surface area contributed by atoms with Crippen molar-refractivity contribution in [2.24, 2.45) is 10.7 Å². The molecule has 30 heavy (non-hydrogen) atoms. The molecule has 2 heterocycles. The molecule has 8 nitrogen and oxygen atoms in total. The van der Waals surface area contributed by atoms with Crippen molar-refractivity contribution in [3.63, 3.8) is 0 Å². The van der Waals surface area contributed by atoms with Crippen LogP contribution in [-0.2, 0) is 21.6 Å². The highest BCUT2D eigenvalue weighted by atomic mass is 16.5. The minimum atomic E-state index is -0.774. The van der Waals surface area contributed by atoms with Crippen LogP contribution in [0, 0.1) is 0 Å². The van der Waals surface area contributed by atoms with Gasteiger partial charge in [0.1, 0.15) is 12.1 Å². The minimum absolute atomic E-state index is 0.0228. The first-order valence-electron chi connectivity index (χ1n) is 10.0. The molecule has 1 atom stereocenters. The van der Waals surface area contributed by atoms with Gasteiger partial charge in [-0.3, -0.25) is 9.59 Å². The number of guanidine groups is 1. The number of amides is 1. The molecule has 0 saturated carbocycles. The topological polar surface area (TPSA) is 102 Å². The first-order valence-corrected chi connectivity index (χ1v) is 10.0. The number of benzene rings is 1. The lowest BCUT2D eigenvalue weighted by Crippen LogP contribution is -2.34. The fraction of sp³-hybridized carbons (Fsp3) is 0.409. The van der Waals surface area contributed by atoms with Crippen molar-refractivity contribution < 1.29 is 14.3 Å². The smallest absolute Gasteiger partial charge is 0.250 e. The number of Topliss-reactive ketones (excluding diaryl/α,β-unsaturated/α-hetero) is 1. The number of hydrogen-bond acceptors (Lipinski definition) is 6. The molecule has 0 radical (unpaired) electrons. The van der Waals surface area contributed by atoms with E-state index in [9.17, 15) is 9.59 Å². The van der Waals surface area contributed by atoms with E-state index in [-0.39, 0.29) is 18.3 Å². The molecular weight excluding hydrogens is 382 g/mol. The largest absolute Gasteiger partial charge is 0.375 e. The Hall–Kier alpha value is -3.13. The van der Waals surface area contributed by atoms with Gasteiger partial charge < -0.3 is 25.3 Å². The summed E-state index contributed by atoms with van der Waals surface area (Å²) in [6, 6.07) is 9.47. The van der Waals surface area contributed by atoms with Crippen molar-refractivity contribution in [1.82, 2.24) is 9.47 Å². The summed E-state index contributed by atoms with van der Waals surface area (Å²) in [5.41, 5.74) is 8.49. The predicted molar refractivity (Wildman–Crippen MR) is 117 cm³/mol. The molecule has 0 saturated heterocycles. The number of hydrogen-bond donors (Lipinski definition) is 2. The number of likely N-dealkylation sites (N-methyl/N-ethyl adjacent to an activating group) is 1.